The van der Waals surface area contributed by atoms with Crippen LogP contribution in [0, 0.1) is 5.92 Å². The first kappa shape index (κ1) is 19.2. The maximum Gasteiger partial charge on any atom is 0.0934 e. The zero-order chi connectivity index (χ0) is 12.1. The smallest absolute Gasteiger partial charge is 0.0934 e. The number of allylic oxidation sites excluding steroid dienone is 2. The molecule has 0 saturated carbocycles. The van der Waals surface area contributed by atoms with Gasteiger partial charge in [-0.05, 0) is 19.4 Å². The Bertz CT molecular complexity index is 117. The van der Waals surface area contributed by atoms with Gasteiger partial charge in [-0.25, -0.2) is 0 Å². The van der Waals surface area contributed by atoms with Crippen LogP contribution in [-0.4, -0.2) is 5.11 Å². The predicted molar refractivity (Wildman–Crippen MR) is 67.8 cm³/mol. The van der Waals surface area contributed by atoms with Crippen molar-refractivity contribution in [3.05, 3.63) is 11.3 Å². The quantitative estimate of drug-likeness (QED) is 0.570. The summed E-state index contributed by atoms with van der Waals surface area (Å²) in [5.74, 6) is 0.796. The van der Waals surface area contributed by atoms with Gasteiger partial charge in [-0.15, -0.1) is 0 Å². The van der Waals surface area contributed by atoms with Gasteiger partial charge in [0.25, 0.3) is 0 Å². The molecular formula is C13H30O. The second kappa shape index (κ2) is 15.0. The van der Waals surface area contributed by atoms with E-state index in [-0.39, 0.29) is 5.92 Å². The van der Waals surface area contributed by atoms with E-state index in [0.717, 1.165) is 5.57 Å². The average Bonchev–Trinajstić information content (AvgIpc) is 2.05. The van der Waals surface area contributed by atoms with Gasteiger partial charge in [0.05, 0.1) is 5.76 Å². The van der Waals surface area contributed by atoms with Crippen molar-refractivity contribution in [1.29, 1.82) is 0 Å². The third kappa shape index (κ3) is 22.5. The molecule has 1 N–H and O–H groups in total. The van der Waals surface area contributed by atoms with Crippen molar-refractivity contribution >= 4 is 0 Å². The molecule has 1 nitrogen and oxygen atoms in total. The Kier molecular flexibility index (Phi) is 20.6. The molecule has 0 aliphatic heterocycles. The van der Waals surface area contributed by atoms with E-state index in [1.165, 1.54) is 12.8 Å². The fourth-order valence-corrected chi connectivity index (χ4v) is 0.577. The van der Waals surface area contributed by atoms with Gasteiger partial charge in [-0.1, -0.05) is 54.4 Å². The number of hydrogen-bond acceptors (Lipinski definition) is 1. The summed E-state index contributed by atoms with van der Waals surface area (Å²) in [6, 6.07) is 0. The molecule has 0 unspecified atom stereocenters. The van der Waals surface area contributed by atoms with Crippen molar-refractivity contribution in [1.82, 2.24) is 0 Å². The van der Waals surface area contributed by atoms with Crippen molar-refractivity contribution in [2.45, 2.75) is 68.2 Å². The van der Waals surface area contributed by atoms with E-state index >= 15 is 0 Å². The van der Waals surface area contributed by atoms with Gasteiger partial charge in [0.15, 0.2) is 0 Å². The Hall–Kier alpha value is -0.460. The maximum atomic E-state index is 9.08. The van der Waals surface area contributed by atoms with Crippen LogP contribution in [0.3, 0.4) is 0 Å². The number of rotatable bonds is 1. The van der Waals surface area contributed by atoms with Crippen LogP contribution in [0.25, 0.3) is 0 Å². The highest BCUT2D eigenvalue weighted by atomic mass is 16.3. The SMILES string of the molecule is CC(C)=C(O)C(C)C.CCC.CCC. The zero-order valence-corrected chi connectivity index (χ0v) is 11.4. The van der Waals surface area contributed by atoms with Crippen LogP contribution >= 0.6 is 0 Å². The summed E-state index contributed by atoms with van der Waals surface area (Å²) >= 11 is 0. The van der Waals surface area contributed by atoms with E-state index in [1.807, 2.05) is 27.7 Å². The second-order valence-electron chi connectivity index (χ2n) is 3.95. The number of hydrogen-bond donors (Lipinski definition) is 1. The van der Waals surface area contributed by atoms with E-state index in [4.69, 9.17) is 5.11 Å². The average molecular weight is 202 g/mol. The van der Waals surface area contributed by atoms with Gasteiger partial charge in [0.1, 0.15) is 0 Å². The van der Waals surface area contributed by atoms with Crippen molar-refractivity contribution in [2.24, 2.45) is 5.92 Å². The summed E-state index contributed by atoms with van der Waals surface area (Å²) in [6.07, 6.45) is 2.50. The maximum absolute atomic E-state index is 9.08. The van der Waals surface area contributed by atoms with E-state index < -0.39 is 0 Å². The molecule has 0 rings (SSSR count). The Balaban J connectivity index is -0.000000168. The van der Waals surface area contributed by atoms with Gasteiger partial charge in [-0.2, -0.15) is 0 Å². The molecule has 14 heavy (non-hydrogen) atoms. The third-order valence-corrected chi connectivity index (χ3v) is 1.06. The lowest BCUT2D eigenvalue weighted by Crippen LogP contribution is -1.93. The highest BCUT2D eigenvalue weighted by Gasteiger charge is 1.99. The van der Waals surface area contributed by atoms with Gasteiger partial charge < -0.3 is 5.11 Å². The first-order valence-corrected chi connectivity index (χ1v) is 5.75. The zero-order valence-electron chi connectivity index (χ0n) is 11.4. The summed E-state index contributed by atoms with van der Waals surface area (Å²) in [7, 11) is 0. The number of aliphatic hydroxyl groups is 1. The van der Waals surface area contributed by atoms with E-state index in [2.05, 4.69) is 27.7 Å². The molecule has 0 aliphatic rings. The van der Waals surface area contributed by atoms with Gasteiger partial charge in [0, 0.05) is 5.92 Å². The molecule has 0 heterocycles. The third-order valence-electron chi connectivity index (χ3n) is 1.06. The molecular weight excluding hydrogens is 172 g/mol. The molecule has 0 atom stereocenters. The number of aliphatic hydroxyl groups excluding tert-OH is 1. The van der Waals surface area contributed by atoms with Crippen molar-refractivity contribution in [3.8, 4) is 0 Å². The van der Waals surface area contributed by atoms with Crippen LogP contribution in [0.2, 0.25) is 0 Å². The molecule has 0 aliphatic carbocycles. The van der Waals surface area contributed by atoms with E-state index in [0.29, 0.717) is 5.76 Å². The molecule has 0 saturated heterocycles. The summed E-state index contributed by atoms with van der Waals surface area (Å²) in [5.41, 5.74) is 1.01. The van der Waals surface area contributed by atoms with E-state index in [1.54, 1.807) is 0 Å². The molecule has 0 amide bonds. The molecule has 0 radical (unpaired) electrons. The molecule has 1 heteroatoms. The fraction of sp³-hybridized carbons (Fsp3) is 0.846. The van der Waals surface area contributed by atoms with Crippen LogP contribution in [0.5, 0.6) is 0 Å². The molecule has 0 spiro atoms. The molecule has 0 bridgehead atoms. The minimum atomic E-state index is 0.278. The van der Waals surface area contributed by atoms with Crippen molar-refractivity contribution in [3.63, 3.8) is 0 Å². The predicted octanol–water partition coefficient (Wildman–Crippen LogP) is 5.33. The van der Waals surface area contributed by atoms with Crippen molar-refractivity contribution < 1.29 is 5.11 Å². The lowest BCUT2D eigenvalue weighted by atomic mass is 10.1. The molecule has 0 aromatic heterocycles. The van der Waals surface area contributed by atoms with E-state index in [9.17, 15) is 0 Å². The van der Waals surface area contributed by atoms with Crippen LogP contribution in [0.4, 0.5) is 0 Å². The Labute approximate surface area is 91.2 Å². The summed E-state index contributed by atoms with van der Waals surface area (Å²) < 4.78 is 0. The first-order valence-electron chi connectivity index (χ1n) is 5.75. The van der Waals surface area contributed by atoms with Gasteiger partial charge in [0.2, 0.25) is 0 Å². The first-order chi connectivity index (χ1) is 6.38. The van der Waals surface area contributed by atoms with Crippen LogP contribution in [-0.2, 0) is 0 Å². The Morgan fingerprint density at radius 3 is 1.14 bits per heavy atom. The van der Waals surface area contributed by atoms with Gasteiger partial charge >= 0.3 is 0 Å². The Morgan fingerprint density at radius 1 is 0.929 bits per heavy atom. The minimum Gasteiger partial charge on any atom is -0.512 e. The second-order valence-corrected chi connectivity index (χ2v) is 3.95. The molecule has 88 valence electrons. The molecule has 0 fully saturated rings. The van der Waals surface area contributed by atoms with Crippen LogP contribution in [0.15, 0.2) is 11.3 Å². The fourth-order valence-electron chi connectivity index (χ4n) is 0.577. The molecule has 0 aromatic rings. The highest BCUT2D eigenvalue weighted by Crippen LogP contribution is 2.09. The Morgan fingerprint density at radius 2 is 1.14 bits per heavy atom. The van der Waals surface area contributed by atoms with Crippen LogP contribution < -0.4 is 0 Å². The summed E-state index contributed by atoms with van der Waals surface area (Å²) in [6.45, 7) is 16.3. The summed E-state index contributed by atoms with van der Waals surface area (Å²) in [5, 5.41) is 9.08. The normalized spacial score (nSPS) is 8.07. The monoisotopic (exact) mass is 202 g/mol. The topological polar surface area (TPSA) is 20.2 Å². The lowest BCUT2D eigenvalue weighted by Gasteiger charge is -2.03. The minimum absolute atomic E-state index is 0.278. The largest absolute Gasteiger partial charge is 0.512 e. The van der Waals surface area contributed by atoms with Crippen molar-refractivity contribution in [2.75, 3.05) is 0 Å². The standard InChI is InChI=1S/C7H14O.2C3H8/c1-5(2)7(8)6(3)4;2*1-3-2/h5,8H,1-4H3;2*3H2,1-2H3. The van der Waals surface area contributed by atoms with Gasteiger partial charge in [-0.3, -0.25) is 0 Å². The lowest BCUT2D eigenvalue weighted by molar-refractivity contribution is 0.345. The highest BCUT2D eigenvalue weighted by molar-refractivity contribution is 5.02. The summed E-state index contributed by atoms with van der Waals surface area (Å²) in [4.78, 5) is 0. The molecule has 0 aromatic carbocycles. The van der Waals surface area contributed by atoms with Crippen LogP contribution in [0.1, 0.15) is 68.2 Å².